The van der Waals surface area contributed by atoms with E-state index in [1.807, 2.05) is 0 Å². The first-order valence-corrected chi connectivity index (χ1v) is 7.37. The lowest BCUT2D eigenvalue weighted by Crippen LogP contribution is -2.66. The van der Waals surface area contributed by atoms with Gasteiger partial charge < -0.3 is 20.3 Å². The Balaban J connectivity index is 2.11. The summed E-state index contributed by atoms with van der Waals surface area (Å²) in [5.74, 6) is 0.885. The molecule has 0 aromatic heterocycles. The molecule has 0 aromatic carbocycles. The number of carbonyl (C=O) groups excluding carboxylic acids is 2. The Hall–Kier alpha value is -0.940. The highest BCUT2D eigenvalue weighted by Gasteiger charge is 2.40. The smallest absolute Gasteiger partial charge is 0.220 e. The molecular weight excluding hydrogens is 242 g/mol. The average molecular weight is 270 g/mol. The third-order valence-corrected chi connectivity index (χ3v) is 3.89. The lowest BCUT2D eigenvalue weighted by Gasteiger charge is -2.49. The molecule has 1 fully saturated rings. The largest absolute Gasteiger partial charge is 0.350 e. The maximum Gasteiger partial charge on any atom is 0.220 e. The third-order valence-electron chi connectivity index (χ3n) is 3.89. The minimum Gasteiger partial charge on any atom is -0.350 e. The highest BCUT2D eigenvalue weighted by Crippen LogP contribution is 2.24. The monoisotopic (exact) mass is 270 g/mol. The summed E-state index contributed by atoms with van der Waals surface area (Å²) in [6.07, 6.45) is 3.60. The molecule has 1 aliphatic heterocycles. The Morgan fingerprint density at radius 3 is 2.68 bits per heavy atom. The first-order chi connectivity index (χ1) is 9.12. The van der Waals surface area contributed by atoms with Crippen LogP contribution in [0.15, 0.2) is 0 Å². The molecule has 1 amide bonds. The van der Waals surface area contributed by atoms with Gasteiger partial charge in [0.05, 0.1) is 38.6 Å². The van der Waals surface area contributed by atoms with Crippen LogP contribution in [0.3, 0.4) is 0 Å². The second-order valence-corrected chi connectivity index (χ2v) is 5.81. The molecule has 0 aliphatic carbocycles. The number of nitrogens with one attached hydrogen (secondary N) is 1. The van der Waals surface area contributed by atoms with E-state index in [1.54, 1.807) is 0 Å². The minimum atomic E-state index is 0.102. The Labute approximate surface area is 116 Å². The van der Waals surface area contributed by atoms with Gasteiger partial charge in [-0.15, -0.1) is 0 Å². The van der Waals surface area contributed by atoms with E-state index in [2.05, 4.69) is 12.2 Å². The first kappa shape index (κ1) is 16.1. The van der Waals surface area contributed by atoms with Crippen LogP contribution in [0, 0.1) is 5.92 Å². The van der Waals surface area contributed by atoms with Gasteiger partial charge in [-0.1, -0.05) is 6.92 Å². The molecule has 1 aliphatic rings. The summed E-state index contributed by atoms with van der Waals surface area (Å²) in [7, 11) is 0. The lowest BCUT2D eigenvalue weighted by molar-refractivity contribution is -0.970. The van der Waals surface area contributed by atoms with Crippen LogP contribution in [0.25, 0.3) is 0 Å². The van der Waals surface area contributed by atoms with Crippen molar-refractivity contribution in [1.29, 1.82) is 0 Å². The van der Waals surface area contributed by atoms with Crippen LogP contribution >= 0.6 is 0 Å². The number of hydrogen-bond acceptors (Lipinski definition) is 3. The van der Waals surface area contributed by atoms with E-state index >= 15 is 0 Å². The van der Waals surface area contributed by atoms with Gasteiger partial charge in [0.1, 0.15) is 6.29 Å². The second-order valence-electron chi connectivity index (χ2n) is 5.81. The van der Waals surface area contributed by atoms with Gasteiger partial charge in [-0.2, -0.15) is 0 Å². The number of nitrogens with zero attached hydrogens (tertiary/aromatic N) is 1. The molecule has 5 heteroatoms. The fourth-order valence-electron chi connectivity index (χ4n) is 3.05. The van der Waals surface area contributed by atoms with Crippen molar-refractivity contribution in [3.05, 3.63) is 0 Å². The highest BCUT2D eigenvalue weighted by atomic mass is 16.1. The van der Waals surface area contributed by atoms with Gasteiger partial charge in [-0.05, 0) is 12.8 Å². The third kappa shape index (κ3) is 5.70. The Kier molecular flexibility index (Phi) is 7.02. The van der Waals surface area contributed by atoms with E-state index in [0.717, 1.165) is 49.2 Å². The van der Waals surface area contributed by atoms with Gasteiger partial charge in [-0.3, -0.25) is 4.79 Å². The molecule has 3 N–H and O–H groups in total. The molecule has 0 unspecified atom stereocenters. The van der Waals surface area contributed by atoms with E-state index in [4.69, 9.17) is 5.73 Å². The number of nitrogens with two attached hydrogens (primary N) is 1. The van der Waals surface area contributed by atoms with Crippen molar-refractivity contribution in [2.75, 3.05) is 39.3 Å². The molecule has 1 heterocycles. The SMILES string of the molecule is CC1C[N+](CCN)(CCNC(=O)CCCCC=O)C1. The number of rotatable bonds is 10. The predicted octanol–water partition coefficient (Wildman–Crippen LogP) is 0.287. The van der Waals surface area contributed by atoms with Crippen LogP contribution < -0.4 is 11.1 Å². The van der Waals surface area contributed by atoms with Gasteiger partial charge in [0.15, 0.2) is 0 Å². The second kappa shape index (κ2) is 8.27. The average Bonchev–Trinajstić information content (AvgIpc) is 2.33. The zero-order valence-corrected chi connectivity index (χ0v) is 12.1. The summed E-state index contributed by atoms with van der Waals surface area (Å²) >= 11 is 0. The predicted molar refractivity (Wildman–Crippen MR) is 75.5 cm³/mol. The molecule has 1 rings (SSSR count). The molecule has 0 aromatic rings. The number of aldehydes is 1. The summed E-state index contributed by atoms with van der Waals surface area (Å²) < 4.78 is 1.06. The Morgan fingerprint density at radius 2 is 2.11 bits per heavy atom. The summed E-state index contributed by atoms with van der Waals surface area (Å²) in [4.78, 5) is 21.7. The van der Waals surface area contributed by atoms with Crippen LogP contribution in [0.5, 0.6) is 0 Å². The zero-order chi connectivity index (χ0) is 14.1. The Morgan fingerprint density at radius 1 is 1.37 bits per heavy atom. The fraction of sp³-hybridized carbons (Fsp3) is 0.857. The molecule has 0 saturated carbocycles. The molecule has 19 heavy (non-hydrogen) atoms. The molecule has 1 saturated heterocycles. The summed E-state index contributed by atoms with van der Waals surface area (Å²) in [6, 6.07) is 0. The quantitative estimate of drug-likeness (QED) is 0.340. The van der Waals surface area contributed by atoms with E-state index in [9.17, 15) is 9.59 Å². The van der Waals surface area contributed by atoms with Gasteiger partial charge in [0.2, 0.25) is 5.91 Å². The van der Waals surface area contributed by atoms with Crippen molar-refractivity contribution in [3.8, 4) is 0 Å². The van der Waals surface area contributed by atoms with Gasteiger partial charge in [0.25, 0.3) is 0 Å². The summed E-state index contributed by atoms with van der Waals surface area (Å²) in [6.45, 7) is 8.09. The van der Waals surface area contributed by atoms with Gasteiger partial charge >= 0.3 is 0 Å². The van der Waals surface area contributed by atoms with E-state index < -0.39 is 0 Å². The molecule has 5 nitrogen and oxygen atoms in total. The topological polar surface area (TPSA) is 72.2 Å². The van der Waals surface area contributed by atoms with Gasteiger partial charge in [-0.25, -0.2) is 0 Å². The molecule has 110 valence electrons. The van der Waals surface area contributed by atoms with Crippen molar-refractivity contribution in [2.24, 2.45) is 11.7 Å². The standard InChI is InChI=1S/C14H27N3O2/c1-13-11-17(12-13,8-6-15)9-7-16-14(19)5-3-2-4-10-18/h10,13H,2-9,11-12,15H2,1H3/p+1. The van der Waals surface area contributed by atoms with Crippen LogP contribution in [-0.2, 0) is 9.59 Å². The summed E-state index contributed by atoms with van der Waals surface area (Å²) in [5, 5.41) is 2.97. The minimum absolute atomic E-state index is 0.102. The Bertz CT molecular complexity index is 283. The van der Waals surface area contributed by atoms with Gasteiger partial charge in [0, 0.05) is 19.4 Å². The number of quaternary nitrogens is 1. The molecule has 0 bridgehead atoms. The lowest BCUT2D eigenvalue weighted by atomic mass is 9.97. The van der Waals surface area contributed by atoms with Crippen LogP contribution in [0.1, 0.15) is 32.6 Å². The van der Waals surface area contributed by atoms with Crippen molar-refractivity contribution in [2.45, 2.75) is 32.6 Å². The number of unbranched alkanes of at least 4 members (excludes halogenated alkanes) is 2. The van der Waals surface area contributed by atoms with E-state index in [-0.39, 0.29) is 5.91 Å². The van der Waals surface area contributed by atoms with E-state index in [1.165, 1.54) is 13.1 Å². The van der Waals surface area contributed by atoms with Crippen molar-refractivity contribution >= 4 is 12.2 Å². The zero-order valence-electron chi connectivity index (χ0n) is 12.1. The number of carbonyl (C=O) groups is 2. The van der Waals surface area contributed by atoms with Crippen LogP contribution in [-0.4, -0.2) is 55.9 Å². The fourth-order valence-corrected chi connectivity index (χ4v) is 3.05. The number of amides is 1. The number of likely N-dealkylation sites (tertiary alicyclic amines) is 1. The number of hydrogen-bond donors (Lipinski definition) is 2. The summed E-state index contributed by atoms with van der Waals surface area (Å²) in [5.41, 5.74) is 5.66. The molecule has 0 radical (unpaired) electrons. The van der Waals surface area contributed by atoms with Crippen LogP contribution in [0.2, 0.25) is 0 Å². The van der Waals surface area contributed by atoms with Crippen molar-refractivity contribution < 1.29 is 14.1 Å². The maximum absolute atomic E-state index is 11.6. The maximum atomic E-state index is 11.6. The highest BCUT2D eigenvalue weighted by molar-refractivity contribution is 5.75. The van der Waals surface area contributed by atoms with Crippen molar-refractivity contribution in [1.82, 2.24) is 5.32 Å². The van der Waals surface area contributed by atoms with Crippen LogP contribution in [0.4, 0.5) is 0 Å². The normalized spacial score (nSPS) is 25.7. The van der Waals surface area contributed by atoms with Crippen molar-refractivity contribution in [3.63, 3.8) is 0 Å². The first-order valence-electron chi connectivity index (χ1n) is 7.37. The van der Waals surface area contributed by atoms with E-state index in [0.29, 0.717) is 19.4 Å². The molecular formula is C14H28N3O2+. The molecule has 0 spiro atoms. The molecule has 0 atom stereocenters.